The van der Waals surface area contributed by atoms with Gasteiger partial charge >= 0.3 is 0 Å². The van der Waals surface area contributed by atoms with Crippen molar-refractivity contribution in [1.29, 1.82) is 0 Å². The molecular formula is C14H19FN2O2. The Balaban J connectivity index is 2.69. The molecule has 0 atom stereocenters. The minimum absolute atomic E-state index is 0.246. The molecule has 104 valence electrons. The normalized spacial score (nSPS) is 10.9. The maximum atomic E-state index is 12.8. The lowest BCUT2D eigenvalue weighted by molar-refractivity contribution is -0.126. The lowest BCUT2D eigenvalue weighted by atomic mass is 10.0. The number of carbonyl (C=O) groups excluding carboxylic acids is 2. The molecule has 0 heterocycles. The van der Waals surface area contributed by atoms with Crippen molar-refractivity contribution in [2.45, 2.75) is 32.7 Å². The molecule has 0 aromatic heterocycles. The average molecular weight is 266 g/mol. The van der Waals surface area contributed by atoms with Crippen LogP contribution < -0.4 is 10.6 Å². The first kappa shape index (κ1) is 15.1. The number of nitrogens with one attached hydrogen (secondary N) is 2. The molecule has 0 saturated carbocycles. The second kappa shape index (κ2) is 6.31. The Kier molecular flexibility index (Phi) is 5.03. The van der Waals surface area contributed by atoms with Crippen molar-refractivity contribution in [2.24, 2.45) is 0 Å². The molecule has 0 aliphatic rings. The Morgan fingerprint density at radius 2 is 1.79 bits per heavy atom. The lowest BCUT2D eigenvalue weighted by Crippen LogP contribution is -2.54. The Hall–Kier alpha value is -1.91. The highest BCUT2D eigenvalue weighted by Crippen LogP contribution is 2.07. The monoisotopic (exact) mass is 266 g/mol. The van der Waals surface area contributed by atoms with Gasteiger partial charge in [-0.25, -0.2) is 4.39 Å². The topological polar surface area (TPSA) is 58.2 Å². The third-order valence-electron chi connectivity index (χ3n) is 2.64. The standard InChI is InChI=1S/C14H19FN2O2/c1-4-9-16-13(19)14(2,3)17-12(18)10-5-7-11(15)8-6-10/h5-8H,4,9H2,1-3H3,(H,16,19)(H,17,18). The van der Waals surface area contributed by atoms with Gasteiger partial charge in [0.25, 0.3) is 5.91 Å². The number of rotatable bonds is 5. The van der Waals surface area contributed by atoms with Crippen LogP contribution >= 0.6 is 0 Å². The van der Waals surface area contributed by atoms with E-state index < -0.39 is 17.3 Å². The number of hydrogen-bond donors (Lipinski definition) is 2. The van der Waals surface area contributed by atoms with Crippen molar-refractivity contribution in [3.63, 3.8) is 0 Å². The molecule has 0 bridgehead atoms. The predicted molar refractivity (Wildman–Crippen MR) is 71.2 cm³/mol. The molecule has 0 aliphatic carbocycles. The Bertz CT molecular complexity index is 455. The fourth-order valence-corrected chi connectivity index (χ4v) is 1.47. The van der Waals surface area contributed by atoms with Gasteiger partial charge in [-0.3, -0.25) is 9.59 Å². The highest BCUT2D eigenvalue weighted by atomic mass is 19.1. The van der Waals surface area contributed by atoms with Gasteiger partial charge in [0.2, 0.25) is 5.91 Å². The number of halogens is 1. The van der Waals surface area contributed by atoms with Gasteiger partial charge in [0, 0.05) is 12.1 Å². The zero-order chi connectivity index (χ0) is 14.5. The van der Waals surface area contributed by atoms with Crippen LogP contribution in [0.1, 0.15) is 37.6 Å². The van der Waals surface area contributed by atoms with Crippen LogP contribution in [0.5, 0.6) is 0 Å². The van der Waals surface area contributed by atoms with Gasteiger partial charge in [-0.2, -0.15) is 0 Å². The SMILES string of the molecule is CCCNC(=O)C(C)(C)NC(=O)c1ccc(F)cc1. The number of carbonyl (C=O) groups is 2. The molecule has 0 saturated heterocycles. The minimum Gasteiger partial charge on any atom is -0.354 e. The third kappa shape index (κ3) is 4.35. The number of amides is 2. The van der Waals surface area contributed by atoms with Crippen molar-refractivity contribution in [1.82, 2.24) is 10.6 Å². The van der Waals surface area contributed by atoms with Crippen molar-refractivity contribution in [3.8, 4) is 0 Å². The van der Waals surface area contributed by atoms with E-state index in [0.717, 1.165) is 6.42 Å². The van der Waals surface area contributed by atoms with E-state index in [0.29, 0.717) is 12.1 Å². The van der Waals surface area contributed by atoms with Crippen LogP contribution in [-0.2, 0) is 4.79 Å². The summed E-state index contributed by atoms with van der Waals surface area (Å²) in [5, 5.41) is 5.35. The maximum absolute atomic E-state index is 12.8. The summed E-state index contributed by atoms with van der Waals surface area (Å²) < 4.78 is 12.8. The molecule has 0 fully saturated rings. The van der Waals surface area contributed by atoms with Crippen LogP contribution in [0.15, 0.2) is 24.3 Å². The summed E-state index contributed by atoms with van der Waals surface area (Å²) in [5.41, 5.74) is -0.696. The highest BCUT2D eigenvalue weighted by molar-refractivity contribution is 5.98. The Morgan fingerprint density at radius 1 is 1.21 bits per heavy atom. The molecule has 0 radical (unpaired) electrons. The van der Waals surface area contributed by atoms with E-state index in [2.05, 4.69) is 10.6 Å². The second-order valence-corrected chi connectivity index (χ2v) is 4.84. The molecule has 0 unspecified atom stereocenters. The first-order valence-electron chi connectivity index (χ1n) is 6.23. The summed E-state index contributed by atoms with van der Waals surface area (Å²) in [6.07, 6.45) is 0.827. The van der Waals surface area contributed by atoms with Crippen LogP contribution in [-0.4, -0.2) is 23.9 Å². The molecule has 5 heteroatoms. The zero-order valence-corrected chi connectivity index (χ0v) is 11.4. The Labute approximate surface area is 112 Å². The molecule has 2 amide bonds. The predicted octanol–water partition coefficient (Wildman–Crippen LogP) is 1.86. The van der Waals surface area contributed by atoms with Crippen LogP contribution in [0.25, 0.3) is 0 Å². The third-order valence-corrected chi connectivity index (χ3v) is 2.64. The molecule has 4 nitrogen and oxygen atoms in total. The fraction of sp³-hybridized carbons (Fsp3) is 0.429. The van der Waals surface area contributed by atoms with Crippen molar-refractivity contribution < 1.29 is 14.0 Å². The molecule has 1 rings (SSSR count). The summed E-state index contributed by atoms with van der Waals surface area (Å²) in [5.74, 6) is -1.06. The van der Waals surface area contributed by atoms with Gasteiger partial charge in [0.05, 0.1) is 0 Å². The fourth-order valence-electron chi connectivity index (χ4n) is 1.47. The second-order valence-electron chi connectivity index (χ2n) is 4.84. The van der Waals surface area contributed by atoms with Gasteiger partial charge < -0.3 is 10.6 Å². The summed E-state index contributed by atoms with van der Waals surface area (Å²) in [6.45, 7) is 5.76. The van der Waals surface area contributed by atoms with E-state index in [9.17, 15) is 14.0 Å². The van der Waals surface area contributed by atoms with E-state index in [1.54, 1.807) is 13.8 Å². The van der Waals surface area contributed by atoms with Crippen molar-refractivity contribution >= 4 is 11.8 Å². The summed E-state index contributed by atoms with van der Waals surface area (Å²) in [6, 6.07) is 5.17. The van der Waals surface area contributed by atoms with Gasteiger partial charge in [-0.1, -0.05) is 6.92 Å². The van der Waals surface area contributed by atoms with Crippen LogP contribution in [0.3, 0.4) is 0 Å². The lowest BCUT2D eigenvalue weighted by Gasteiger charge is -2.25. The molecule has 0 aliphatic heterocycles. The summed E-state index contributed by atoms with van der Waals surface area (Å²) >= 11 is 0. The van der Waals surface area contributed by atoms with Gasteiger partial charge in [-0.15, -0.1) is 0 Å². The van der Waals surface area contributed by atoms with E-state index in [1.165, 1.54) is 24.3 Å². The molecule has 1 aromatic rings. The minimum atomic E-state index is -1.01. The number of hydrogen-bond acceptors (Lipinski definition) is 2. The van der Waals surface area contributed by atoms with E-state index in [-0.39, 0.29) is 5.91 Å². The van der Waals surface area contributed by atoms with Crippen molar-refractivity contribution in [2.75, 3.05) is 6.54 Å². The first-order chi connectivity index (χ1) is 8.86. The quantitative estimate of drug-likeness (QED) is 0.854. The van der Waals surface area contributed by atoms with Crippen LogP contribution in [0.2, 0.25) is 0 Å². The molecular weight excluding hydrogens is 247 g/mol. The van der Waals surface area contributed by atoms with E-state index in [1.807, 2.05) is 6.92 Å². The van der Waals surface area contributed by atoms with Gasteiger partial charge in [0.15, 0.2) is 0 Å². The van der Waals surface area contributed by atoms with Gasteiger partial charge in [-0.05, 0) is 44.5 Å². The highest BCUT2D eigenvalue weighted by Gasteiger charge is 2.29. The Morgan fingerprint density at radius 3 is 2.32 bits per heavy atom. The molecule has 19 heavy (non-hydrogen) atoms. The van der Waals surface area contributed by atoms with Crippen LogP contribution in [0, 0.1) is 5.82 Å². The van der Waals surface area contributed by atoms with Gasteiger partial charge in [0.1, 0.15) is 11.4 Å². The van der Waals surface area contributed by atoms with Crippen LogP contribution in [0.4, 0.5) is 4.39 Å². The molecule has 1 aromatic carbocycles. The molecule has 0 spiro atoms. The van der Waals surface area contributed by atoms with Crippen molar-refractivity contribution in [3.05, 3.63) is 35.6 Å². The first-order valence-corrected chi connectivity index (χ1v) is 6.23. The van der Waals surface area contributed by atoms with E-state index >= 15 is 0 Å². The smallest absolute Gasteiger partial charge is 0.252 e. The summed E-state index contributed by atoms with van der Waals surface area (Å²) in [4.78, 5) is 23.8. The largest absolute Gasteiger partial charge is 0.354 e. The maximum Gasteiger partial charge on any atom is 0.252 e. The average Bonchev–Trinajstić information content (AvgIpc) is 2.36. The van der Waals surface area contributed by atoms with E-state index in [4.69, 9.17) is 0 Å². The summed E-state index contributed by atoms with van der Waals surface area (Å²) in [7, 11) is 0. The zero-order valence-electron chi connectivity index (χ0n) is 11.4. The number of benzene rings is 1. The molecule has 2 N–H and O–H groups in total.